The van der Waals surface area contributed by atoms with E-state index in [1.165, 1.54) is 11.9 Å². The molecule has 7 nitrogen and oxygen atoms in total. The van der Waals surface area contributed by atoms with Crippen LogP contribution in [0.2, 0.25) is 5.02 Å². The number of guanidine groups is 1. The van der Waals surface area contributed by atoms with Crippen LogP contribution in [0.15, 0.2) is 30.3 Å². The van der Waals surface area contributed by atoms with Crippen molar-refractivity contribution < 1.29 is 9.53 Å². The lowest BCUT2D eigenvalue weighted by Crippen LogP contribution is -2.38. The van der Waals surface area contributed by atoms with E-state index in [0.29, 0.717) is 21.7 Å². The number of benzene rings is 1. The zero-order valence-corrected chi connectivity index (χ0v) is 16.7. The van der Waals surface area contributed by atoms with E-state index in [9.17, 15) is 4.79 Å². The van der Waals surface area contributed by atoms with Gasteiger partial charge in [-0.1, -0.05) is 11.6 Å². The molecule has 4 N–H and O–H groups in total. The number of ether oxygens (including phenoxy) is 1. The number of carbonyl (C=O) groups is 1. The number of amides is 1. The number of fused-ring (bicyclic) bond motifs is 1. The molecule has 2 heterocycles. The van der Waals surface area contributed by atoms with Crippen molar-refractivity contribution in [1.82, 2.24) is 14.8 Å². The minimum Gasteiger partial charge on any atom is -0.444 e. The average molecular weight is 406 g/mol. The van der Waals surface area contributed by atoms with Crippen LogP contribution < -0.4 is 10.5 Å². The molecule has 142 valence electrons. The number of hydrogen-bond acceptors (Lipinski definition) is 5. The molecule has 0 atom stereocenters. The smallest absolute Gasteiger partial charge is 0.276 e. The number of carbonyl (C=O) groups excluding carboxylic acids is 1. The molecule has 0 aliphatic rings. The fraction of sp³-hybridized carbons (Fsp3) is 0.222. The van der Waals surface area contributed by atoms with Gasteiger partial charge in [0.1, 0.15) is 5.69 Å². The Morgan fingerprint density at radius 2 is 2.04 bits per heavy atom. The molecule has 0 radical (unpaired) electrons. The number of halogens is 1. The Labute approximate surface area is 165 Å². The Morgan fingerprint density at radius 1 is 1.30 bits per heavy atom. The van der Waals surface area contributed by atoms with Crippen molar-refractivity contribution in [3.05, 3.63) is 45.9 Å². The quantitative estimate of drug-likeness (QED) is 0.445. The van der Waals surface area contributed by atoms with Gasteiger partial charge in [-0.2, -0.15) is 0 Å². The molecular weight excluding hydrogens is 386 g/mol. The zero-order valence-electron chi connectivity index (χ0n) is 15.2. The zero-order chi connectivity index (χ0) is 19.7. The Morgan fingerprint density at radius 3 is 2.70 bits per heavy atom. The summed E-state index contributed by atoms with van der Waals surface area (Å²) in [5, 5.41) is 9.33. The van der Waals surface area contributed by atoms with Crippen molar-refractivity contribution in [3.8, 4) is 10.8 Å². The molecular formula is C18H20ClN5O2S. The van der Waals surface area contributed by atoms with Crippen molar-refractivity contribution in [3.63, 3.8) is 0 Å². The van der Waals surface area contributed by atoms with Gasteiger partial charge in [0.25, 0.3) is 5.91 Å². The molecule has 1 aromatic carbocycles. The SMILES string of the molecule is CN(C)Cc1ccc(Oc2ccc(Cl)c3cc(C(=O)N(C)C(=N)N)[nH]c23)s1. The van der Waals surface area contributed by atoms with Crippen LogP contribution in [0.4, 0.5) is 0 Å². The predicted octanol–water partition coefficient (Wildman–Crippen LogP) is 3.70. The van der Waals surface area contributed by atoms with Crippen LogP contribution in [0, 0.1) is 5.41 Å². The number of aromatic nitrogens is 1. The molecule has 0 spiro atoms. The van der Waals surface area contributed by atoms with Gasteiger partial charge in [0.05, 0.1) is 10.5 Å². The fourth-order valence-electron chi connectivity index (χ4n) is 2.57. The summed E-state index contributed by atoms with van der Waals surface area (Å²) in [5.41, 5.74) is 6.28. The predicted molar refractivity (Wildman–Crippen MR) is 109 cm³/mol. The summed E-state index contributed by atoms with van der Waals surface area (Å²) in [6, 6.07) is 9.07. The number of rotatable bonds is 5. The largest absolute Gasteiger partial charge is 0.444 e. The first-order valence-corrected chi connectivity index (χ1v) is 9.30. The normalized spacial score (nSPS) is 11.1. The summed E-state index contributed by atoms with van der Waals surface area (Å²) in [6.07, 6.45) is 0. The van der Waals surface area contributed by atoms with Crippen LogP contribution in [-0.4, -0.2) is 47.8 Å². The van der Waals surface area contributed by atoms with Gasteiger partial charge in [0, 0.05) is 23.9 Å². The van der Waals surface area contributed by atoms with Crippen LogP contribution in [0.3, 0.4) is 0 Å². The highest BCUT2D eigenvalue weighted by Crippen LogP contribution is 2.37. The second-order valence-corrected chi connectivity index (χ2v) is 7.87. The van der Waals surface area contributed by atoms with Crippen LogP contribution in [0.25, 0.3) is 10.9 Å². The van der Waals surface area contributed by atoms with Crippen LogP contribution in [-0.2, 0) is 6.54 Å². The van der Waals surface area contributed by atoms with Crippen molar-refractivity contribution in [1.29, 1.82) is 5.41 Å². The van der Waals surface area contributed by atoms with E-state index in [1.54, 1.807) is 29.5 Å². The summed E-state index contributed by atoms with van der Waals surface area (Å²) in [5.74, 6) is -0.199. The molecule has 2 aromatic heterocycles. The number of hydrogen-bond donors (Lipinski definition) is 3. The molecule has 0 bridgehead atoms. The minimum absolute atomic E-state index is 0.278. The minimum atomic E-state index is -0.426. The second-order valence-electron chi connectivity index (χ2n) is 6.33. The first-order chi connectivity index (χ1) is 12.8. The first kappa shape index (κ1) is 19.2. The third-order valence-corrected chi connectivity index (χ3v) is 5.20. The number of H-pyrrole nitrogens is 1. The molecule has 0 fully saturated rings. The monoisotopic (exact) mass is 405 g/mol. The number of nitrogens with one attached hydrogen (secondary N) is 2. The van der Waals surface area contributed by atoms with Crippen molar-refractivity contribution in [2.24, 2.45) is 5.73 Å². The van der Waals surface area contributed by atoms with Gasteiger partial charge >= 0.3 is 0 Å². The third-order valence-electron chi connectivity index (χ3n) is 3.92. The summed E-state index contributed by atoms with van der Waals surface area (Å²) in [7, 11) is 5.46. The van der Waals surface area contributed by atoms with Crippen molar-refractivity contribution in [2.75, 3.05) is 21.1 Å². The molecule has 0 saturated heterocycles. The van der Waals surface area contributed by atoms with Crippen LogP contribution in [0.1, 0.15) is 15.4 Å². The maximum atomic E-state index is 12.4. The van der Waals surface area contributed by atoms with Gasteiger partial charge < -0.3 is 20.4 Å². The van der Waals surface area contributed by atoms with E-state index in [1.807, 2.05) is 26.2 Å². The molecule has 3 rings (SSSR count). The van der Waals surface area contributed by atoms with Gasteiger partial charge in [-0.15, -0.1) is 11.3 Å². The second kappa shape index (κ2) is 7.59. The molecule has 0 unspecified atom stereocenters. The molecule has 0 saturated carbocycles. The van der Waals surface area contributed by atoms with Crippen molar-refractivity contribution >= 4 is 45.7 Å². The van der Waals surface area contributed by atoms with Gasteiger partial charge in [-0.3, -0.25) is 15.1 Å². The van der Waals surface area contributed by atoms with E-state index in [-0.39, 0.29) is 11.7 Å². The maximum Gasteiger partial charge on any atom is 0.276 e. The van der Waals surface area contributed by atoms with Gasteiger partial charge in [-0.25, -0.2) is 0 Å². The average Bonchev–Trinajstić information content (AvgIpc) is 3.23. The lowest BCUT2D eigenvalue weighted by molar-refractivity contribution is 0.0864. The Hall–Kier alpha value is -2.55. The number of thiophene rings is 1. The van der Waals surface area contributed by atoms with Gasteiger partial charge in [-0.05, 0) is 44.4 Å². The first-order valence-electron chi connectivity index (χ1n) is 8.11. The Kier molecular flexibility index (Phi) is 5.41. The van der Waals surface area contributed by atoms with Gasteiger partial charge in [0.15, 0.2) is 16.8 Å². The number of aromatic amines is 1. The van der Waals surface area contributed by atoms with Crippen LogP contribution in [0.5, 0.6) is 10.8 Å². The summed E-state index contributed by atoms with van der Waals surface area (Å²) in [4.78, 5) is 19.8. The Bertz CT molecular complexity index is 1010. The van der Waals surface area contributed by atoms with E-state index in [4.69, 9.17) is 27.5 Å². The summed E-state index contributed by atoms with van der Waals surface area (Å²) in [6.45, 7) is 0.836. The maximum absolute atomic E-state index is 12.4. The standard InChI is InChI=1S/C18H20ClN5O2S/c1-23(2)9-10-4-7-15(27-10)26-14-6-5-12(19)11-8-13(22-16(11)14)17(25)24(3)18(20)21/h4-8,22H,9H2,1-3H3,(H3,20,21). The van der Waals surface area contributed by atoms with E-state index in [2.05, 4.69) is 9.88 Å². The van der Waals surface area contributed by atoms with Crippen LogP contribution >= 0.6 is 22.9 Å². The topological polar surface area (TPSA) is 98.4 Å². The lowest BCUT2D eigenvalue weighted by Gasteiger charge is -2.12. The highest BCUT2D eigenvalue weighted by Gasteiger charge is 2.19. The molecule has 1 amide bonds. The third kappa shape index (κ3) is 4.08. The highest BCUT2D eigenvalue weighted by molar-refractivity contribution is 7.13. The molecule has 27 heavy (non-hydrogen) atoms. The summed E-state index contributed by atoms with van der Waals surface area (Å²) >= 11 is 7.84. The van der Waals surface area contributed by atoms with E-state index < -0.39 is 5.91 Å². The summed E-state index contributed by atoms with van der Waals surface area (Å²) < 4.78 is 6.03. The Balaban J connectivity index is 1.94. The highest BCUT2D eigenvalue weighted by atomic mass is 35.5. The molecule has 0 aliphatic carbocycles. The number of nitrogens with two attached hydrogens (primary N) is 1. The van der Waals surface area contributed by atoms with E-state index >= 15 is 0 Å². The van der Waals surface area contributed by atoms with Crippen molar-refractivity contribution in [2.45, 2.75) is 6.54 Å². The fourth-order valence-corrected chi connectivity index (χ4v) is 3.76. The molecule has 0 aliphatic heterocycles. The van der Waals surface area contributed by atoms with E-state index in [0.717, 1.165) is 16.5 Å². The number of nitrogens with zero attached hydrogens (tertiary/aromatic N) is 2. The molecule has 9 heteroatoms. The molecule has 3 aromatic rings. The van der Waals surface area contributed by atoms with Gasteiger partial charge in [0.2, 0.25) is 0 Å². The lowest BCUT2D eigenvalue weighted by atomic mass is 10.2.